The first-order chi connectivity index (χ1) is 9.51. The van der Waals surface area contributed by atoms with Crippen LogP contribution in [0.4, 0.5) is 15.8 Å². The molecule has 2 aromatic rings. The fourth-order valence-corrected chi connectivity index (χ4v) is 2.01. The molecule has 0 aliphatic carbocycles. The average molecular weight is 290 g/mol. The Morgan fingerprint density at radius 1 is 1.25 bits per heavy atom. The third-order valence-electron chi connectivity index (χ3n) is 2.93. The summed E-state index contributed by atoms with van der Waals surface area (Å²) in [4.78, 5) is 0.177. The summed E-state index contributed by atoms with van der Waals surface area (Å²) >= 11 is 4.82. The highest BCUT2D eigenvalue weighted by atomic mass is 32.1. The number of anilines is 2. The van der Waals surface area contributed by atoms with Crippen molar-refractivity contribution in [3.8, 4) is 5.75 Å². The van der Waals surface area contributed by atoms with E-state index in [1.165, 1.54) is 6.07 Å². The standard InChI is InChI=1S/C15H15FN2OS/c1-9-7-11(4-6-14(9)19-2)18-13-5-3-10(15(17)20)8-12(13)16/h3-8,18H,1-2H3,(H2,17,20). The van der Waals surface area contributed by atoms with E-state index in [1.807, 2.05) is 25.1 Å². The van der Waals surface area contributed by atoms with Crippen LogP contribution in [0.5, 0.6) is 5.75 Å². The normalized spacial score (nSPS) is 10.2. The second kappa shape index (κ2) is 5.88. The van der Waals surface area contributed by atoms with Gasteiger partial charge < -0.3 is 15.8 Å². The lowest BCUT2D eigenvalue weighted by molar-refractivity contribution is 0.412. The largest absolute Gasteiger partial charge is 0.496 e. The van der Waals surface area contributed by atoms with Gasteiger partial charge in [-0.05, 0) is 48.9 Å². The first-order valence-corrected chi connectivity index (χ1v) is 6.43. The summed E-state index contributed by atoms with van der Waals surface area (Å²) in [6.45, 7) is 1.93. The Bertz CT molecular complexity index is 658. The molecule has 0 atom stereocenters. The topological polar surface area (TPSA) is 47.3 Å². The molecule has 2 aromatic carbocycles. The Labute approximate surface area is 122 Å². The van der Waals surface area contributed by atoms with Gasteiger partial charge in [-0.15, -0.1) is 0 Å². The van der Waals surface area contributed by atoms with Crippen LogP contribution in [0.25, 0.3) is 0 Å². The van der Waals surface area contributed by atoms with E-state index in [1.54, 1.807) is 19.2 Å². The highest BCUT2D eigenvalue weighted by Gasteiger charge is 2.06. The van der Waals surface area contributed by atoms with Crippen LogP contribution in [0.3, 0.4) is 0 Å². The lowest BCUT2D eigenvalue weighted by Gasteiger charge is -2.11. The van der Waals surface area contributed by atoms with Gasteiger partial charge in [0, 0.05) is 11.3 Å². The van der Waals surface area contributed by atoms with Crippen molar-refractivity contribution >= 4 is 28.6 Å². The maximum atomic E-state index is 13.9. The number of hydrogen-bond acceptors (Lipinski definition) is 3. The molecule has 0 fully saturated rings. The van der Waals surface area contributed by atoms with Gasteiger partial charge in [0.05, 0.1) is 12.8 Å². The lowest BCUT2D eigenvalue weighted by atomic mass is 10.1. The summed E-state index contributed by atoms with van der Waals surface area (Å²) in [5, 5.41) is 3.02. The fourth-order valence-electron chi connectivity index (χ4n) is 1.88. The van der Waals surface area contributed by atoms with Gasteiger partial charge in [0.15, 0.2) is 0 Å². The second-order valence-electron chi connectivity index (χ2n) is 4.37. The summed E-state index contributed by atoms with van der Waals surface area (Å²) in [5.74, 6) is 0.392. The van der Waals surface area contributed by atoms with E-state index >= 15 is 0 Å². The Hall–Kier alpha value is -2.14. The molecule has 3 N–H and O–H groups in total. The maximum absolute atomic E-state index is 13.9. The molecule has 0 bridgehead atoms. The minimum Gasteiger partial charge on any atom is -0.496 e. The van der Waals surface area contributed by atoms with Gasteiger partial charge >= 0.3 is 0 Å². The van der Waals surface area contributed by atoms with Gasteiger partial charge in [-0.1, -0.05) is 12.2 Å². The van der Waals surface area contributed by atoms with Gasteiger partial charge in [-0.25, -0.2) is 4.39 Å². The smallest absolute Gasteiger partial charge is 0.147 e. The highest BCUT2D eigenvalue weighted by molar-refractivity contribution is 7.80. The van der Waals surface area contributed by atoms with Crippen molar-refractivity contribution in [2.45, 2.75) is 6.92 Å². The monoisotopic (exact) mass is 290 g/mol. The quantitative estimate of drug-likeness (QED) is 0.846. The number of aryl methyl sites for hydroxylation is 1. The number of nitrogens with one attached hydrogen (secondary N) is 1. The van der Waals surface area contributed by atoms with Crippen molar-refractivity contribution in [3.63, 3.8) is 0 Å². The molecule has 0 radical (unpaired) electrons. The van der Waals surface area contributed by atoms with Crippen LogP contribution < -0.4 is 15.8 Å². The minimum atomic E-state index is -0.399. The van der Waals surface area contributed by atoms with Crippen LogP contribution in [0, 0.1) is 12.7 Å². The molecule has 20 heavy (non-hydrogen) atoms. The van der Waals surface area contributed by atoms with Gasteiger partial charge in [-0.2, -0.15) is 0 Å². The number of thiocarbonyl (C=S) groups is 1. The molecule has 5 heteroatoms. The SMILES string of the molecule is COc1ccc(Nc2ccc(C(N)=S)cc2F)cc1C. The van der Waals surface area contributed by atoms with E-state index in [4.69, 9.17) is 22.7 Å². The average Bonchev–Trinajstić information content (AvgIpc) is 2.41. The predicted molar refractivity (Wildman–Crippen MR) is 83.3 cm³/mol. The highest BCUT2D eigenvalue weighted by Crippen LogP contribution is 2.25. The van der Waals surface area contributed by atoms with E-state index in [0.29, 0.717) is 11.3 Å². The Balaban J connectivity index is 2.26. The van der Waals surface area contributed by atoms with Crippen LogP contribution in [0.15, 0.2) is 36.4 Å². The van der Waals surface area contributed by atoms with E-state index in [9.17, 15) is 4.39 Å². The molecule has 0 aromatic heterocycles. The summed E-state index contributed by atoms with van der Waals surface area (Å²) in [6.07, 6.45) is 0. The number of rotatable bonds is 4. The summed E-state index contributed by atoms with van der Waals surface area (Å²) < 4.78 is 19.1. The Morgan fingerprint density at radius 2 is 2.00 bits per heavy atom. The van der Waals surface area contributed by atoms with Crippen LogP contribution in [0.2, 0.25) is 0 Å². The van der Waals surface area contributed by atoms with Crippen LogP contribution in [0.1, 0.15) is 11.1 Å². The minimum absolute atomic E-state index is 0.177. The van der Waals surface area contributed by atoms with E-state index in [-0.39, 0.29) is 4.99 Å². The molecule has 3 nitrogen and oxygen atoms in total. The third kappa shape index (κ3) is 3.05. The summed E-state index contributed by atoms with van der Waals surface area (Å²) in [7, 11) is 1.61. The van der Waals surface area contributed by atoms with Crippen molar-refractivity contribution in [2.75, 3.05) is 12.4 Å². The lowest BCUT2D eigenvalue weighted by Crippen LogP contribution is -2.09. The molecular formula is C15H15FN2OS. The Morgan fingerprint density at radius 3 is 2.55 bits per heavy atom. The predicted octanol–water partition coefficient (Wildman–Crippen LogP) is 3.52. The van der Waals surface area contributed by atoms with Gasteiger partial charge in [0.2, 0.25) is 0 Å². The molecule has 0 aliphatic heterocycles. The molecule has 0 spiro atoms. The number of ether oxygens (including phenoxy) is 1. The van der Waals surface area contributed by atoms with Crippen molar-refractivity contribution in [3.05, 3.63) is 53.3 Å². The second-order valence-corrected chi connectivity index (χ2v) is 4.81. The zero-order valence-electron chi connectivity index (χ0n) is 11.2. The molecule has 2 rings (SSSR count). The number of benzene rings is 2. The Kier molecular flexibility index (Phi) is 4.20. The molecule has 0 amide bonds. The third-order valence-corrected chi connectivity index (χ3v) is 3.16. The van der Waals surface area contributed by atoms with E-state index in [0.717, 1.165) is 17.0 Å². The molecule has 104 valence electrons. The van der Waals surface area contributed by atoms with Crippen molar-refractivity contribution in [1.29, 1.82) is 0 Å². The number of nitrogens with two attached hydrogens (primary N) is 1. The number of halogens is 1. The first-order valence-electron chi connectivity index (χ1n) is 6.02. The summed E-state index contributed by atoms with van der Waals surface area (Å²) in [5.41, 5.74) is 8.10. The van der Waals surface area contributed by atoms with Crippen molar-refractivity contribution in [1.82, 2.24) is 0 Å². The van der Waals surface area contributed by atoms with E-state index in [2.05, 4.69) is 5.32 Å². The van der Waals surface area contributed by atoms with Crippen molar-refractivity contribution < 1.29 is 9.13 Å². The van der Waals surface area contributed by atoms with Crippen molar-refractivity contribution in [2.24, 2.45) is 5.73 Å². The molecular weight excluding hydrogens is 275 g/mol. The maximum Gasteiger partial charge on any atom is 0.147 e. The molecule has 0 saturated heterocycles. The van der Waals surface area contributed by atoms with Gasteiger partial charge in [0.1, 0.15) is 16.6 Å². The van der Waals surface area contributed by atoms with Gasteiger partial charge in [-0.3, -0.25) is 0 Å². The number of hydrogen-bond donors (Lipinski definition) is 2. The van der Waals surface area contributed by atoms with Crippen LogP contribution in [-0.4, -0.2) is 12.1 Å². The van der Waals surface area contributed by atoms with E-state index < -0.39 is 5.82 Å². The molecule has 0 unspecified atom stereocenters. The van der Waals surface area contributed by atoms with Crippen LogP contribution >= 0.6 is 12.2 Å². The fraction of sp³-hybridized carbons (Fsp3) is 0.133. The molecule has 0 aliphatic rings. The zero-order valence-corrected chi connectivity index (χ0v) is 12.1. The first kappa shape index (κ1) is 14.3. The van der Waals surface area contributed by atoms with Crippen LogP contribution in [-0.2, 0) is 0 Å². The molecule has 0 saturated carbocycles. The van der Waals surface area contributed by atoms with Gasteiger partial charge in [0.25, 0.3) is 0 Å². The summed E-state index contributed by atoms with van der Waals surface area (Å²) in [6, 6.07) is 10.2. The number of methoxy groups -OCH3 is 1. The molecule has 0 heterocycles. The zero-order chi connectivity index (χ0) is 14.7.